The van der Waals surface area contributed by atoms with E-state index in [0.717, 1.165) is 18.9 Å². The lowest BCUT2D eigenvalue weighted by Crippen LogP contribution is -2.35. The van der Waals surface area contributed by atoms with Gasteiger partial charge in [-0.3, -0.25) is 0 Å². The Morgan fingerprint density at radius 3 is 2.83 bits per heavy atom. The first-order valence-electron chi connectivity index (χ1n) is 6.14. The highest BCUT2D eigenvalue weighted by Crippen LogP contribution is 2.21. The van der Waals surface area contributed by atoms with E-state index in [1.807, 2.05) is 0 Å². The van der Waals surface area contributed by atoms with Crippen LogP contribution in [0.3, 0.4) is 0 Å². The SMILES string of the molecule is OCC(CCOc1cccc(F)c1F)NC1CC1. The zero-order chi connectivity index (χ0) is 13.0. The van der Waals surface area contributed by atoms with Crippen molar-refractivity contribution in [1.29, 1.82) is 0 Å². The molecule has 3 nitrogen and oxygen atoms in total. The van der Waals surface area contributed by atoms with E-state index in [-0.39, 0.29) is 25.0 Å². The van der Waals surface area contributed by atoms with Crippen molar-refractivity contribution in [2.45, 2.75) is 31.3 Å². The van der Waals surface area contributed by atoms with E-state index in [0.29, 0.717) is 12.5 Å². The maximum absolute atomic E-state index is 13.3. The van der Waals surface area contributed by atoms with Crippen LogP contribution < -0.4 is 10.1 Å². The van der Waals surface area contributed by atoms with Gasteiger partial charge in [0.25, 0.3) is 0 Å². The molecule has 1 aliphatic rings. The summed E-state index contributed by atoms with van der Waals surface area (Å²) in [5, 5.41) is 12.4. The van der Waals surface area contributed by atoms with Gasteiger partial charge in [0.2, 0.25) is 5.82 Å². The van der Waals surface area contributed by atoms with Gasteiger partial charge in [-0.1, -0.05) is 6.07 Å². The second-order valence-corrected chi connectivity index (χ2v) is 4.51. The van der Waals surface area contributed by atoms with Gasteiger partial charge in [0.1, 0.15) is 0 Å². The molecule has 1 atom stereocenters. The van der Waals surface area contributed by atoms with Crippen molar-refractivity contribution >= 4 is 0 Å². The van der Waals surface area contributed by atoms with Gasteiger partial charge in [0.05, 0.1) is 13.2 Å². The van der Waals surface area contributed by atoms with Crippen LogP contribution in [0.2, 0.25) is 0 Å². The first-order chi connectivity index (χ1) is 8.70. The fourth-order valence-electron chi connectivity index (χ4n) is 1.72. The number of nitrogens with one attached hydrogen (secondary N) is 1. The molecular weight excluding hydrogens is 240 g/mol. The predicted molar refractivity (Wildman–Crippen MR) is 63.5 cm³/mol. The molecule has 0 spiro atoms. The lowest BCUT2D eigenvalue weighted by atomic mass is 10.2. The number of benzene rings is 1. The second kappa shape index (κ2) is 6.11. The fourth-order valence-corrected chi connectivity index (χ4v) is 1.72. The zero-order valence-corrected chi connectivity index (χ0v) is 10.0. The average molecular weight is 257 g/mol. The van der Waals surface area contributed by atoms with Gasteiger partial charge in [-0.05, 0) is 31.4 Å². The number of ether oxygens (including phenoxy) is 1. The molecule has 0 saturated heterocycles. The molecule has 1 aliphatic carbocycles. The maximum atomic E-state index is 13.3. The number of rotatable bonds is 7. The fraction of sp³-hybridized carbons (Fsp3) is 0.538. The van der Waals surface area contributed by atoms with Gasteiger partial charge >= 0.3 is 0 Å². The minimum absolute atomic E-state index is 0.0193. The molecule has 1 aromatic rings. The van der Waals surface area contributed by atoms with Gasteiger partial charge in [0.15, 0.2) is 11.6 Å². The number of hydrogen-bond donors (Lipinski definition) is 2. The van der Waals surface area contributed by atoms with Gasteiger partial charge in [0, 0.05) is 12.1 Å². The molecule has 1 fully saturated rings. The van der Waals surface area contributed by atoms with Crippen LogP contribution in [-0.4, -0.2) is 30.4 Å². The van der Waals surface area contributed by atoms with Gasteiger partial charge in [-0.15, -0.1) is 0 Å². The predicted octanol–water partition coefficient (Wildman–Crippen LogP) is 1.85. The Kier molecular flexibility index (Phi) is 4.49. The molecule has 0 amide bonds. The Bertz CT molecular complexity index is 397. The number of aliphatic hydroxyl groups excluding tert-OH is 1. The Morgan fingerprint density at radius 1 is 1.39 bits per heavy atom. The van der Waals surface area contributed by atoms with E-state index in [9.17, 15) is 8.78 Å². The Hall–Kier alpha value is -1.20. The van der Waals surface area contributed by atoms with E-state index in [4.69, 9.17) is 9.84 Å². The molecule has 0 heterocycles. The highest BCUT2D eigenvalue weighted by Gasteiger charge is 2.24. The third-order valence-corrected chi connectivity index (χ3v) is 2.91. The summed E-state index contributed by atoms with van der Waals surface area (Å²) in [6.45, 7) is 0.261. The molecule has 0 aromatic heterocycles. The van der Waals surface area contributed by atoms with Crippen LogP contribution in [0.15, 0.2) is 18.2 Å². The first kappa shape index (κ1) is 13.2. The van der Waals surface area contributed by atoms with E-state index in [1.54, 1.807) is 0 Å². The van der Waals surface area contributed by atoms with Crippen molar-refractivity contribution in [3.05, 3.63) is 29.8 Å². The monoisotopic (exact) mass is 257 g/mol. The average Bonchev–Trinajstić information content (AvgIpc) is 3.17. The molecule has 18 heavy (non-hydrogen) atoms. The van der Waals surface area contributed by atoms with Crippen LogP contribution in [0, 0.1) is 11.6 Å². The van der Waals surface area contributed by atoms with Crippen molar-refractivity contribution in [2.75, 3.05) is 13.2 Å². The normalized spacial score (nSPS) is 16.6. The van der Waals surface area contributed by atoms with Crippen LogP contribution >= 0.6 is 0 Å². The third kappa shape index (κ3) is 3.65. The van der Waals surface area contributed by atoms with Crippen molar-refractivity contribution in [2.24, 2.45) is 0 Å². The second-order valence-electron chi connectivity index (χ2n) is 4.51. The summed E-state index contributed by atoms with van der Waals surface area (Å²) in [6, 6.07) is 4.29. The van der Waals surface area contributed by atoms with Crippen LogP contribution in [0.1, 0.15) is 19.3 Å². The van der Waals surface area contributed by atoms with E-state index in [2.05, 4.69) is 5.32 Å². The summed E-state index contributed by atoms with van der Waals surface area (Å²) < 4.78 is 31.4. The molecule has 0 bridgehead atoms. The third-order valence-electron chi connectivity index (χ3n) is 2.91. The summed E-state index contributed by atoms with van der Waals surface area (Å²) in [5.41, 5.74) is 0. The van der Waals surface area contributed by atoms with E-state index >= 15 is 0 Å². The van der Waals surface area contributed by atoms with Crippen molar-refractivity contribution < 1.29 is 18.6 Å². The largest absolute Gasteiger partial charge is 0.490 e. The first-order valence-corrected chi connectivity index (χ1v) is 6.14. The van der Waals surface area contributed by atoms with E-state index < -0.39 is 11.6 Å². The Morgan fingerprint density at radius 2 is 2.17 bits per heavy atom. The molecule has 1 unspecified atom stereocenters. The van der Waals surface area contributed by atoms with Crippen molar-refractivity contribution in [1.82, 2.24) is 5.32 Å². The molecule has 1 saturated carbocycles. The van der Waals surface area contributed by atoms with E-state index in [1.165, 1.54) is 12.1 Å². The van der Waals surface area contributed by atoms with Crippen molar-refractivity contribution in [3.8, 4) is 5.75 Å². The minimum Gasteiger partial charge on any atom is -0.490 e. The van der Waals surface area contributed by atoms with Crippen LogP contribution in [-0.2, 0) is 0 Å². The summed E-state index contributed by atoms with van der Waals surface area (Å²) in [4.78, 5) is 0. The van der Waals surface area contributed by atoms with Gasteiger partial charge in [-0.25, -0.2) is 4.39 Å². The van der Waals surface area contributed by atoms with Crippen LogP contribution in [0.25, 0.3) is 0 Å². The number of hydrogen-bond acceptors (Lipinski definition) is 3. The van der Waals surface area contributed by atoms with Crippen molar-refractivity contribution in [3.63, 3.8) is 0 Å². The smallest absolute Gasteiger partial charge is 0.200 e. The molecule has 2 N–H and O–H groups in total. The summed E-state index contributed by atoms with van der Waals surface area (Å²) in [5.74, 6) is -1.96. The quantitative estimate of drug-likeness (QED) is 0.783. The number of aliphatic hydroxyl groups is 1. The van der Waals surface area contributed by atoms with Crippen LogP contribution in [0.5, 0.6) is 5.75 Å². The standard InChI is InChI=1S/C13H17F2NO2/c14-11-2-1-3-12(13(11)15)18-7-6-10(8-17)16-9-4-5-9/h1-3,9-10,16-17H,4-8H2. The summed E-state index contributed by atoms with van der Waals surface area (Å²) in [6.07, 6.45) is 2.83. The van der Waals surface area contributed by atoms with Gasteiger partial charge in [-0.2, -0.15) is 4.39 Å². The molecule has 2 rings (SSSR count). The van der Waals surface area contributed by atoms with Gasteiger partial charge < -0.3 is 15.2 Å². The Labute approximate surface area is 105 Å². The zero-order valence-electron chi connectivity index (χ0n) is 10.0. The van der Waals surface area contributed by atoms with Crippen LogP contribution in [0.4, 0.5) is 8.78 Å². The minimum atomic E-state index is -0.965. The highest BCUT2D eigenvalue weighted by molar-refractivity contribution is 5.24. The summed E-state index contributed by atoms with van der Waals surface area (Å²) >= 11 is 0. The lowest BCUT2D eigenvalue weighted by Gasteiger charge is -2.16. The summed E-state index contributed by atoms with van der Waals surface area (Å²) in [7, 11) is 0. The molecule has 0 aliphatic heterocycles. The lowest BCUT2D eigenvalue weighted by molar-refractivity contribution is 0.204. The molecule has 1 aromatic carbocycles. The molecule has 0 radical (unpaired) electrons. The number of halogens is 2. The highest BCUT2D eigenvalue weighted by atomic mass is 19.2. The molecule has 5 heteroatoms. The maximum Gasteiger partial charge on any atom is 0.200 e. The molecule has 100 valence electrons. The Balaban J connectivity index is 1.77. The molecular formula is C13H17F2NO2. The topological polar surface area (TPSA) is 41.5 Å².